The molecule has 4 aromatic carbocycles. The largest absolute Gasteiger partial charge is 0.355 e. The molecular weight excluding hydrogens is 682 g/mol. The molecule has 0 radical (unpaired) electrons. The predicted molar refractivity (Wildman–Crippen MR) is 172 cm³/mol. The summed E-state index contributed by atoms with van der Waals surface area (Å²) in [5.74, 6) is -0.819. The summed E-state index contributed by atoms with van der Waals surface area (Å²) >= 11 is 6.84. The maximum absolute atomic E-state index is 14.3. The third-order valence-electron chi connectivity index (χ3n) is 6.61. The molecule has 1 N–H and O–H groups in total. The molecule has 218 valence electrons. The summed E-state index contributed by atoms with van der Waals surface area (Å²) in [5.41, 5.74) is 2.01. The number of carbonyl (C=O) groups is 2. The molecule has 0 fully saturated rings. The van der Waals surface area contributed by atoms with Gasteiger partial charge in [0.2, 0.25) is 11.8 Å². The van der Waals surface area contributed by atoms with Gasteiger partial charge in [-0.05, 0) is 66.6 Å². The summed E-state index contributed by atoms with van der Waals surface area (Å²) in [4.78, 5) is 29.3. The molecule has 0 heterocycles. The van der Waals surface area contributed by atoms with Crippen molar-refractivity contribution < 1.29 is 18.0 Å². The van der Waals surface area contributed by atoms with Gasteiger partial charge in [0.25, 0.3) is 10.0 Å². The second-order valence-electron chi connectivity index (χ2n) is 9.55. The van der Waals surface area contributed by atoms with E-state index in [4.69, 9.17) is 0 Å². The lowest BCUT2D eigenvalue weighted by Crippen LogP contribution is -2.53. The van der Waals surface area contributed by atoms with Crippen molar-refractivity contribution in [3.05, 3.63) is 129 Å². The Labute approximate surface area is 263 Å². The molecule has 4 aromatic rings. The second kappa shape index (κ2) is 14.6. The number of carbonyl (C=O) groups excluding carboxylic acids is 2. The molecule has 0 spiro atoms. The van der Waals surface area contributed by atoms with Crippen molar-refractivity contribution in [3.63, 3.8) is 0 Å². The average Bonchev–Trinajstić information content (AvgIpc) is 3.00. The summed E-state index contributed by atoms with van der Waals surface area (Å²) in [6.45, 7) is 1.82. The van der Waals surface area contributed by atoms with E-state index in [2.05, 4.69) is 37.2 Å². The number of nitrogens with zero attached hydrogens (tertiary/aromatic N) is 2. The van der Waals surface area contributed by atoms with Crippen LogP contribution in [-0.2, 0) is 32.6 Å². The fourth-order valence-corrected chi connectivity index (χ4v) is 6.45. The van der Waals surface area contributed by atoms with Gasteiger partial charge in [-0.25, -0.2) is 8.42 Å². The first-order valence-corrected chi connectivity index (χ1v) is 16.4. The van der Waals surface area contributed by atoms with E-state index in [0.717, 1.165) is 24.4 Å². The summed E-state index contributed by atoms with van der Waals surface area (Å²) < 4.78 is 30.6. The number of anilines is 1. The molecule has 0 aliphatic carbocycles. The highest BCUT2D eigenvalue weighted by Crippen LogP contribution is 2.26. The molecule has 0 unspecified atom stereocenters. The van der Waals surface area contributed by atoms with E-state index < -0.39 is 28.5 Å². The Hall–Kier alpha value is -3.47. The van der Waals surface area contributed by atoms with Crippen molar-refractivity contribution in [3.8, 4) is 0 Å². The van der Waals surface area contributed by atoms with Gasteiger partial charge < -0.3 is 10.2 Å². The number of hydrogen-bond donors (Lipinski definition) is 1. The van der Waals surface area contributed by atoms with Crippen molar-refractivity contribution >= 4 is 59.4 Å². The van der Waals surface area contributed by atoms with Crippen molar-refractivity contribution in [2.75, 3.05) is 17.4 Å². The van der Waals surface area contributed by atoms with Gasteiger partial charge >= 0.3 is 0 Å². The lowest BCUT2D eigenvalue weighted by atomic mass is 10.0. The third kappa shape index (κ3) is 8.08. The number of likely N-dealkylation sites (N-methyl/N-ethyl adjacent to an activating group) is 1. The molecule has 7 nitrogen and oxygen atoms in total. The fraction of sp³-hybridized carbons (Fsp3) is 0.188. The first kappa shape index (κ1) is 31.5. The zero-order chi connectivity index (χ0) is 30.1. The molecule has 10 heteroatoms. The van der Waals surface area contributed by atoms with Gasteiger partial charge in [-0.15, -0.1) is 0 Å². The van der Waals surface area contributed by atoms with Gasteiger partial charge in [0.1, 0.15) is 12.6 Å². The van der Waals surface area contributed by atoms with Crippen LogP contribution in [-0.4, -0.2) is 44.3 Å². The first-order chi connectivity index (χ1) is 20.2. The summed E-state index contributed by atoms with van der Waals surface area (Å²) in [5, 5.41) is 2.87. The van der Waals surface area contributed by atoms with Crippen LogP contribution in [0.4, 0.5) is 5.69 Å². The summed E-state index contributed by atoms with van der Waals surface area (Å²) in [7, 11) is -4.13. The Morgan fingerprint density at radius 1 is 0.762 bits per heavy atom. The average molecular weight is 713 g/mol. The van der Waals surface area contributed by atoms with Crippen molar-refractivity contribution in [2.45, 2.75) is 30.8 Å². The minimum atomic E-state index is -4.13. The van der Waals surface area contributed by atoms with Crippen molar-refractivity contribution in [2.24, 2.45) is 0 Å². The highest BCUT2D eigenvalue weighted by Gasteiger charge is 2.34. The number of hydrogen-bond acceptors (Lipinski definition) is 4. The van der Waals surface area contributed by atoms with Gasteiger partial charge in [0, 0.05) is 28.5 Å². The zero-order valence-corrected chi connectivity index (χ0v) is 27.0. The molecule has 2 amide bonds. The topological polar surface area (TPSA) is 86.8 Å². The molecule has 1 atom stereocenters. The smallest absolute Gasteiger partial charge is 0.264 e. The van der Waals surface area contributed by atoms with Crippen LogP contribution in [0.1, 0.15) is 18.1 Å². The van der Waals surface area contributed by atoms with Crippen LogP contribution in [0.25, 0.3) is 0 Å². The number of sulfonamides is 1. The van der Waals surface area contributed by atoms with E-state index in [1.54, 1.807) is 42.5 Å². The maximum atomic E-state index is 14.3. The van der Waals surface area contributed by atoms with E-state index in [1.165, 1.54) is 17.0 Å². The Morgan fingerprint density at radius 3 is 1.88 bits per heavy atom. The molecule has 4 rings (SSSR count). The standard InChI is InChI=1S/C32H31Br2N3O4S/c1-2-35-32(39)30(21-24-9-5-3-6-10-24)36(22-25-13-15-26(33)16-14-25)31(38)23-37(28-19-17-27(34)18-20-28)42(40,41)29-11-7-4-8-12-29/h3-20,30H,2,21-23H2,1H3,(H,35,39)/t30-/m0/s1. The molecule has 0 aliphatic heterocycles. The van der Waals surface area contributed by atoms with Crippen molar-refractivity contribution in [1.82, 2.24) is 10.2 Å². The molecule has 0 aromatic heterocycles. The molecule has 42 heavy (non-hydrogen) atoms. The van der Waals surface area contributed by atoms with Gasteiger partial charge in [-0.2, -0.15) is 0 Å². The molecule has 0 saturated carbocycles. The van der Waals surface area contributed by atoms with Crippen molar-refractivity contribution in [1.29, 1.82) is 0 Å². The Bertz CT molecular complexity index is 1580. The molecule has 0 aliphatic rings. The normalized spacial score (nSPS) is 11.9. The predicted octanol–water partition coefficient (Wildman–Crippen LogP) is 6.18. The lowest BCUT2D eigenvalue weighted by molar-refractivity contribution is -0.140. The fourth-order valence-electron chi connectivity index (χ4n) is 4.49. The minimum Gasteiger partial charge on any atom is -0.355 e. The van der Waals surface area contributed by atoms with E-state index >= 15 is 0 Å². The summed E-state index contributed by atoms with van der Waals surface area (Å²) in [6.07, 6.45) is 0.263. The minimum absolute atomic E-state index is 0.0599. The Balaban J connectivity index is 1.78. The SMILES string of the molecule is CCNC(=O)[C@H](Cc1ccccc1)N(Cc1ccc(Br)cc1)C(=O)CN(c1ccc(Br)cc1)S(=O)(=O)c1ccccc1. The lowest BCUT2D eigenvalue weighted by Gasteiger charge is -2.33. The van der Waals surface area contributed by atoms with E-state index in [1.807, 2.05) is 61.5 Å². The quantitative estimate of drug-likeness (QED) is 0.190. The Morgan fingerprint density at radius 2 is 1.31 bits per heavy atom. The first-order valence-electron chi connectivity index (χ1n) is 13.4. The molecule has 0 bridgehead atoms. The van der Waals surface area contributed by atoms with Crippen LogP contribution >= 0.6 is 31.9 Å². The summed E-state index contributed by atoms with van der Waals surface area (Å²) in [6, 6.07) is 30.8. The Kier molecular flexibility index (Phi) is 11.0. The zero-order valence-electron chi connectivity index (χ0n) is 23.0. The second-order valence-corrected chi connectivity index (χ2v) is 13.2. The number of nitrogens with one attached hydrogen (secondary N) is 1. The number of amides is 2. The van der Waals surface area contributed by atoms with Crippen LogP contribution < -0.4 is 9.62 Å². The molecule has 0 saturated heterocycles. The highest BCUT2D eigenvalue weighted by atomic mass is 79.9. The van der Waals surface area contributed by atoms with Gasteiger partial charge in [0.15, 0.2) is 0 Å². The van der Waals surface area contributed by atoms with Gasteiger partial charge in [-0.1, -0.05) is 92.5 Å². The monoisotopic (exact) mass is 711 g/mol. The van der Waals surface area contributed by atoms with Crippen LogP contribution in [0, 0.1) is 0 Å². The van der Waals surface area contributed by atoms with Crippen LogP contribution in [0.15, 0.2) is 123 Å². The maximum Gasteiger partial charge on any atom is 0.264 e. The number of rotatable bonds is 12. The number of halogens is 2. The van der Waals surface area contributed by atoms with E-state index in [9.17, 15) is 18.0 Å². The van der Waals surface area contributed by atoms with Gasteiger partial charge in [0.05, 0.1) is 10.6 Å². The van der Waals surface area contributed by atoms with Crippen LogP contribution in [0.3, 0.4) is 0 Å². The van der Waals surface area contributed by atoms with E-state index in [-0.39, 0.29) is 23.8 Å². The number of benzene rings is 4. The van der Waals surface area contributed by atoms with Crippen LogP contribution in [0.2, 0.25) is 0 Å². The third-order valence-corrected chi connectivity index (χ3v) is 9.46. The molecular formula is C32H31Br2N3O4S. The highest BCUT2D eigenvalue weighted by molar-refractivity contribution is 9.10. The van der Waals surface area contributed by atoms with Crippen LogP contribution in [0.5, 0.6) is 0 Å². The van der Waals surface area contributed by atoms with E-state index in [0.29, 0.717) is 12.2 Å². The van der Waals surface area contributed by atoms with Gasteiger partial charge in [-0.3, -0.25) is 13.9 Å².